The van der Waals surface area contributed by atoms with Gasteiger partial charge in [-0.2, -0.15) is 0 Å². The number of aromatic amines is 1. The van der Waals surface area contributed by atoms with E-state index in [2.05, 4.69) is 46.4 Å². The Kier molecular flexibility index (Phi) is 1.59. The second-order valence-electron chi connectivity index (χ2n) is 4.23. The Balaban J connectivity index is 2.38. The summed E-state index contributed by atoms with van der Waals surface area (Å²) in [5.74, 6) is 0. The number of H-pyrrole nitrogens is 1. The predicted molar refractivity (Wildman–Crippen MR) is 71.1 cm³/mol. The fourth-order valence-corrected chi connectivity index (χ4v) is 2.48. The highest BCUT2D eigenvalue weighted by atomic mass is 14.8. The summed E-state index contributed by atoms with van der Waals surface area (Å²) in [6, 6.07) is 16.6. The molecular formula is C15H10N2. The number of benzene rings is 2. The Hall–Kier alpha value is -2.35. The molecule has 0 bridgehead atoms. The molecule has 0 saturated heterocycles. The lowest BCUT2D eigenvalue weighted by Gasteiger charge is -1.98. The van der Waals surface area contributed by atoms with Crippen molar-refractivity contribution in [2.45, 2.75) is 0 Å². The molecule has 4 aromatic rings. The minimum atomic E-state index is 1.05. The monoisotopic (exact) mass is 218 g/mol. The first-order chi connectivity index (χ1) is 8.43. The van der Waals surface area contributed by atoms with E-state index in [-0.39, 0.29) is 0 Å². The molecule has 0 aliphatic rings. The molecule has 0 aliphatic carbocycles. The molecule has 0 amide bonds. The maximum atomic E-state index is 4.47. The molecule has 2 nitrogen and oxygen atoms in total. The summed E-state index contributed by atoms with van der Waals surface area (Å²) in [6.07, 6.45) is 1.91. The van der Waals surface area contributed by atoms with Crippen LogP contribution in [0.2, 0.25) is 0 Å². The SMILES string of the molecule is c1ccc2c(c1)ncc1[nH]c3ccccc3c12. The molecular weight excluding hydrogens is 208 g/mol. The maximum absolute atomic E-state index is 4.47. The molecule has 0 aliphatic heterocycles. The highest BCUT2D eigenvalue weighted by Gasteiger charge is 2.07. The summed E-state index contributed by atoms with van der Waals surface area (Å²) < 4.78 is 0. The van der Waals surface area contributed by atoms with E-state index < -0.39 is 0 Å². The standard InChI is InChI=1S/C15H10N2/c1-3-7-12-10(5-1)15-11-6-2-4-8-13(11)17-14(15)9-16-12/h1-9,17H. The number of aromatic nitrogens is 2. The number of rotatable bonds is 0. The molecule has 2 heterocycles. The zero-order chi connectivity index (χ0) is 11.2. The second-order valence-corrected chi connectivity index (χ2v) is 4.23. The van der Waals surface area contributed by atoms with Gasteiger partial charge in [0.1, 0.15) is 0 Å². The van der Waals surface area contributed by atoms with E-state index >= 15 is 0 Å². The average Bonchev–Trinajstić information content (AvgIpc) is 2.77. The van der Waals surface area contributed by atoms with Crippen molar-refractivity contribution in [3.8, 4) is 0 Å². The van der Waals surface area contributed by atoms with Crippen LogP contribution >= 0.6 is 0 Å². The topological polar surface area (TPSA) is 28.7 Å². The number of nitrogens with zero attached hydrogens (tertiary/aromatic N) is 1. The third-order valence-corrected chi connectivity index (χ3v) is 3.24. The van der Waals surface area contributed by atoms with E-state index in [1.54, 1.807) is 0 Å². The number of para-hydroxylation sites is 2. The van der Waals surface area contributed by atoms with Gasteiger partial charge in [0.05, 0.1) is 17.2 Å². The van der Waals surface area contributed by atoms with Gasteiger partial charge in [0.15, 0.2) is 0 Å². The van der Waals surface area contributed by atoms with Gasteiger partial charge < -0.3 is 4.98 Å². The molecule has 0 fully saturated rings. The van der Waals surface area contributed by atoms with Crippen molar-refractivity contribution in [1.29, 1.82) is 0 Å². The van der Waals surface area contributed by atoms with Crippen molar-refractivity contribution in [2.75, 3.05) is 0 Å². The molecule has 0 radical (unpaired) electrons. The van der Waals surface area contributed by atoms with E-state index in [1.807, 2.05) is 18.3 Å². The number of hydrogen-bond donors (Lipinski definition) is 1. The molecule has 0 spiro atoms. The molecule has 0 atom stereocenters. The van der Waals surface area contributed by atoms with E-state index in [4.69, 9.17) is 0 Å². The second kappa shape index (κ2) is 3.08. The minimum absolute atomic E-state index is 1.05. The molecule has 0 saturated carbocycles. The van der Waals surface area contributed by atoms with Crippen molar-refractivity contribution in [3.05, 3.63) is 54.7 Å². The van der Waals surface area contributed by atoms with Crippen LogP contribution < -0.4 is 0 Å². The highest BCUT2D eigenvalue weighted by Crippen LogP contribution is 2.30. The largest absolute Gasteiger partial charge is 0.353 e. The van der Waals surface area contributed by atoms with Gasteiger partial charge in [0.25, 0.3) is 0 Å². The van der Waals surface area contributed by atoms with Gasteiger partial charge in [-0.1, -0.05) is 36.4 Å². The van der Waals surface area contributed by atoms with E-state index in [1.165, 1.54) is 21.7 Å². The van der Waals surface area contributed by atoms with Gasteiger partial charge in [-0.3, -0.25) is 4.98 Å². The van der Waals surface area contributed by atoms with Gasteiger partial charge in [0, 0.05) is 21.7 Å². The van der Waals surface area contributed by atoms with Crippen LogP contribution in [0.15, 0.2) is 54.7 Å². The first kappa shape index (κ1) is 8.76. The lowest BCUT2D eigenvalue weighted by molar-refractivity contribution is 1.41. The predicted octanol–water partition coefficient (Wildman–Crippen LogP) is 3.87. The first-order valence-corrected chi connectivity index (χ1v) is 5.68. The normalized spacial score (nSPS) is 11.5. The van der Waals surface area contributed by atoms with E-state index in [0.29, 0.717) is 0 Å². The number of hydrogen-bond acceptors (Lipinski definition) is 1. The summed E-state index contributed by atoms with van der Waals surface area (Å²) >= 11 is 0. The number of pyridine rings is 1. The fourth-order valence-electron chi connectivity index (χ4n) is 2.48. The van der Waals surface area contributed by atoms with Gasteiger partial charge in [-0.15, -0.1) is 0 Å². The lowest BCUT2D eigenvalue weighted by Crippen LogP contribution is -1.78. The van der Waals surface area contributed by atoms with Crippen molar-refractivity contribution in [2.24, 2.45) is 0 Å². The Morgan fingerprint density at radius 3 is 2.47 bits per heavy atom. The summed E-state index contributed by atoms with van der Waals surface area (Å²) in [7, 11) is 0. The Morgan fingerprint density at radius 1 is 0.765 bits per heavy atom. The van der Waals surface area contributed by atoms with Crippen LogP contribution in [-0.4, -0.2) is 9.97 Å². The zero-order valence-electron chi connectivity index (χ0n) is 9.14. The maximum Gasteiger partial charge on any atom is 0.0709 e. The van der Waals surface area contributed by atoms with E-state index in [0.717, 1.165) is 11.0 Å². The highest BCUT2D eigenvalue weighted by molar-refractivity contribution is 6.18. The van der Waals surface area contributed by atoms with Crippen molar-refractivity contribution >= 4 is 32.7 Å². The van der Waals surface area contributed by atoms with E-state index in [9.17, 15) is 0 Å². The third kappa shape index (κ3) is 1.12. The molecule has 1 N–H and O–H groups in total. The van der Waals surface area contributed by atoms with Gasteiger partial charge in [-0.05, 0) is 12.1 Å². The van der Waals surface area contributed by atoms with Crippen LogP contribution in [0.3, 0.4) is 0 Å². The third-order valence-electron chi connectivity index (χ3n) is 3.24. The molecule has 4 rings (SSSR count). The minimum Gasteiger partial charge on any atom is -0.353 e. The van der Waals surface area contributed by atoms with Gasteiger partial charge in [0.2, 0.25) is 0 Å². The molecule has 2 heteroatoms. The molecule has 80 valence electrons. The number of nitrogens with one attached hydrogen (secondary N) is 1. The van der Waals surface area contributed by atoms with Crippen molar-refractivity contribution in [1.82, 2.24) is 9.97 Å². The van der Waals surface area contributed by atoms with Crippen LogP contribution in [0, 0.1) is 0 Å². The first-order valence-electron chi connectivity index (χ1n) is 5.68. The Labute approximate surface area is 97.9 Å². The average molecular weight is 218 g/mol. The Bertz CT molecular complexity index is 837. The van der Waals surface area contributed by atoms with Crippen LogP contribution in [-0.2, 0) is 0 Å². The van der Waals surface area contributed by atoms with Crippen LogP contribution in [0.4, 0.5) is 0 Å². The van der Waals surface area contributed by atoms with Crippen molar-refractivity contribution < 1.29 is 0 Å². The van der Waals surface area contributed by atoms with Crippen LogP contribution in [0.5, 0.6) is 0 Å². The number of fused-ring (bicyclic) bond motifs is 5. The fraction of sp³-hybridized carbons (Fsp3) is 0. The summed E-state index contributed by atoms with van der Waals surface area (Å²) in [6.45, 7) is 0. The summed E-state index contributed by atoms with van der Waals surface area (Å²) in [5.41, 5.74) is 3.32. The lowest BCUT2D eigenvalue weighted by atomic mass is 10.1. The zero-order valence-corrected chi connectivity index (χ0v) is 9.14. The molecule has 0 unspecified atom stereocenters. The summed E-state index contributed by atoms with van der Waals surface area (Å²) in [5, 5.41) is 3.75. The molecule has 2 aromatic heterocycles. The van der Waals surface area contributed by atoms with Gasteiger partial charge >= 0.3 is 0 Å². The Morgan fingerprint density at radius 2 is 1.53 bits per heavy atom. The van der Waals surface area contributed by atoms with Crippen LogP contribution in [0.1, 0.15) is 0 Å². The molecule has 2 aromatic carbocycles. The quantitative estimate of drug-likeness (QED) is 0.477. The van der Waals surface area contributed by atoms with Gasteiger partial charge in [-0.25, -0.2) is 0 Å². The summed E-state index contributed by atoms with van der Waals surface area (Å²) in [4.78, 5) is 7.88. The van der Waals surface area contributed by atoms with Crippen LogP contribution in [0.25, 0.3) is 32.7 Å². The van der Waals surface area contributed by atoms with Crippen molar-refractivity contribution in [3.63, 3.8) is 0 Å². The molecule has 17 heavy (non-hydrogen) atoms. The smallest absolute Gasteiger partial charge is 0.0709 e.